The second kappa shape index (κ2) is 6.16. The van der Waals surface area contributed by atoms with Crippen LogP contribution in [0.3, 0.4) is 0 Å². The topological polar surface area (TPSA) is 67.2 Å². The van der Waals surface area contributed by atoms with Gasteiger partial charge in [-0.2, -0.15) is 0 Å². The van der Waals surface area contributed by atoms with Crippen LogP contribution < -0.4 is 16.6 Å². The summed E-state index contributed by atoms with van der Waals surface area (Å²) in [6.45, 7) is 2.69. The fourth-order valence-electron chi connectivity index (χ4n) is 1.33. The van der Waals surface area contributed by atoms with Crippen molar-refractivity contribution in [1.82, 2.24) is 10.7 Å². The molecule has 0 fully saturated rings. The summed E-state index contributed by atoms with van der Waals surface area (Å²) < 4.78 is 0. The molecule has 1 atom stereocenters. The van der Waals surface area contributed by atoms with Crippen LogP contribution in [0.4, 0.5) is 0 Å². The number of amides is 1. The lowest BCUT2D eigenvalue weighted by Crippen LogP contribution is -2.33. The van der Waals surface area contributed by atoms with Gasteiger partial charge in [-0.25, -0.2) is 5.84 Å². The Balaban J connectivity index is 2.31. The Kier molecular flexibility index (Phi) is 4.80. The summed E-state index contributed by atoms with van der Waals surface area (Å²) in [6, 6.07) is 10.3. The first-order valence-electron chi connectivity index (χ1n) is 5.02. The third kappa shape index (κ3) is 4.10. The summed E-state index contributed by atoms with van der Waals surface area (Å²) >= 11 is 0. The fraction of sp³-hybridized carbons (Fsp3) is 0.364. The van der Waals surface area contributed by atoms with Gasteiger partial charge in [0.25, 0.3) is 0 Å². The van der Waals surface area contributed by atoms with Crippen molar-refractivity contribution in [3.05, 3.63) is 35.9 Å². The molecule has 0 heterocycles. The first kappa shape index (κ1) is 11.7. The van der Waals surface area contributed by atoms with Crippen molar-refractivity contribution in [2.75, 3.05) is 6.54 Å². The van der Waals surface area contributed by atoms with Crippen molar-refractivity contribution in [1.29, 1.82) is 0 Å². The van der Waals surface area contributed by atoms with Gasteiger partial charge in [0, 0.05) is 19.0 Å². The third-order valence-corrected chi connectivity index (χ3v) is 2.26. The van der Waals surface area contributed by atoms with Crippen LogP contribution in [-0.2, 0) is 4.79 Å². The van der Waals surface area contributed by atoms with Crippen LogP contribution in [0.1, 0.15) is 24.9 Å². The zero-order valence-electron chi connectivity index (χ0n) is 8.86. The quantitative estimate of drug-likeness (QED) is 0.378. The summed E-state index contributed by atoms with van der Waals surface area (Å²) in [5.41, 5.74) is 3.31. The van der Waals surface area contributed by atoms with Crippen LogP contribution in [-0.4, -0.2) is 12.5 Å². The van der Waals surface area contributed by atoms with E-state index in [1.54, 1.807) is 0 Å². The Labute approximate surface area is 89.8 Å². The van der Waals surface area contributed by atoms with Gasteiger partial charge in [0.15, 0.2) is 0 Å². The van der Waals surface area contributed by atoms with Crippen molar-refractivity contribution in [3.8, 4) is 0 Å². The van der Waals surface area contributed by atoms with Crippen LogP contribution in [0.5, 0.6) is 0 Å². The third-order valence-electron chi connectivity index (χ3n) is 2.26. The number of hydrogen-bond donors (Lipinski definition) is 3. The molecule has 1 rings (SSSR count). The summed E-state index contributed by atoms with van der Waals surface area (Å²) in [5.74, 6) is 4.82. The number of hydrazine groups is 1. The van der Waals surface area contributed by atoms with E-state index in [1.807, 2.05) is 18.2 Å². The zero-order chi connectivity index (χ0) is 11.1. The van der Waals surface area contributed by atoms with Crippen LogP contribution >= 0.6 is 0 Å². The van der Waals surface area contributed by atoms with E-state index >= 15 is 0 Å². The van der Waals surface area contributed by atoms with Gasteiger partial charge in [-0.15, -0.1) is 0 Å². The smallest absolute Gasteiger partial charge is 0.235 e. The number of carbonyl (C=O) groups excluding carboxylic acids is 1. The maximum absolute atomic E-state index is 10.9. The molecule has 0 saturated heterocycles. The molecule has 0 saturated carbocycles. The summed E-state index contributed by atoms with van der Waals surface area (Å²) in [4.78, 5) is 10.9. The van der Waals surface area contributed by atoms with Crippen LogP contribution in [0.15, 0.2) is 30.3 Å². The van der Waals surface area contributed by atoms with E-state index in [2.05, 4.69) is 29.8 Å². The molecule has 15 heavy (non-hydrogen) atoms. The lowest BCUT2D eigenvalue weighted by atomic mass is 10.1. The molecule has 0 aliphatic carbocycles. The molecular weight excluding hydrogens is 190 g/mol. The maximum atomic E-state index is 10.9. The Hall–Kier alpha value is -1.39. The van der Waals surface area contributed by atoms with E-state index in [4.69, 9.17) is 5.84 Å². The highest BCUT2D eigenvalue weighted by atomic mass is 16.2. The number of rotatable bonds is 5. The molecule has 0 bridgehead atoms. The SMILES string of the molecule is CC(NCCC(=O)NN)c1ccccc1. The molecule has 4 nitrogen and oxygen atoms in total. The molecule has 1 amide bonds. The highest BCUT2D eigenvalue weighted by molar-refractivity contribution is 5.75. The minimum Gasteiger partial charge on any atom is -0.310 e. The minimum absolute atomic E-state index is 0.150. The van der Waals surface area contributed by atoms with Crippen molar-refractivity contribution >= 4 is 5.91 Å². The summed E-state index contributed by atoms with van der Waals surface area (Å²) in [5, 5.41) is 3.25. The Morgan fingerprint density at radius 2 is 2.07 bits per heavy atom. The molecule has 0 aliphatic heterocycles. The summed E-state index contributed by atoms with van der Waals surface area (Å²) in [7, 11) is 0. The molecule has 4 N–H and O–H groups in total. The van der Waals surface area contributed by atoms with E-state index in [-0.39, 0.29) is 11.9 Å². The van der Waals surface area contributed by atoms with E-state index in [0.717, 1.165) is 0 Å². The maximum Gasteiger partial charge on any atom is 0.235 e. The first-order chi connectivity index (χ1) is 7.24. The van der Waals surface area contributed by atoms with E-state index in [9.17, 15) is 4.79 Å². The van der Waals surface area contributed by atoms with E-state index < -0.39 is 0 Å². The number of nitrogens with two attached hydrogens (primary N) is 1. The standard InChI is InChI=1S/C11H17N3O/c1-9(10-5-3-2-4-6-10)13-8-7-11(15)14-12/h2-6,9,13H,7-8,12H2,1H3,(H,14,15). The Bertz CT molecular complexity index is 300. The van der Waals surface area contributed by atoms with E-state index in [1.165, 1.54) is 5.56 Å². The molecule has 0 aliphatic rings. The molecule has 0 spiro atoms. The van der Waals surface area contributed by atoms with Gasteiger partial charge in [0.05, 0.1) is 0 Å². The van der Waals surface area contributed by atoms with Crippen molar-refractivity contribution in [3.63, 3.8) is 0 Å². The Morgan fingerprint density at radius 1 is 1.40 bits per heavy atom. The molecule has 4 heteroatoms. The average molecular weight is 207 g/mol. The molecule has 1 aromatic carbocycles. The zero-order valence-corrected chi connectivity index (χ0v) is 8.86. The lowest BCUT2D eigenvalue weighted by molar-refractivity contribution is -0.121. The molecule has 0 radical (unpaired) electrons. The predicted octanol–water partition coefficient (Wildman–Crippen LogP) is 0.717. The van der Waals surface area contributed by atoms with Gasteiger partial charge < -0.3 is 5.32 Å². The van der Waals surface area contributed by atoms with Gasteiger partial charge in [-0.05, 0) is 12.5 Å². The van der Waals surface area contributed by atoms with Crippen LogP contribution in [0.25, 0.3) is 0 Å². The molecule has 82 valence electrons. The highest BCUT2D eigenvalue weighted by Gasteiger charge is 2.04. The van der Waals surface area contributed by atoms with Crippen LogP contribution in [0.2, 0.25) is 0 Å². The monoisotopic (exact) mass is 207 g/mol. The number of nitrogens with one attached hydrogen (secondary N) is 2. The average Bonchev–Trinajstić information content (AvgIpc) is 2.29. The first-order valence-corrected chi connectivity index (χ1v) is 5.02. The van der Waals surface area contributed by atoms with Gasteiger partial charge in [0.1, 0.15) is 0 Å². The van der Waals surface area contributed by atoms with Crippen molar-refractivity contribution < 1.29 is 4.79 Å². The second-order valence-corrected chi connectivity index (χ2v) is 3.40. The van der Waals surface area contributed by atoms with Gasteiger partial charge in [-0.3, -0.25) is 10.2 Å². The summed E-state index contributed by atoms with van der Waals surface area (Å²) in [6.07, 6.45) is 0.397. The second-order valence-electron chi connectivity index (χ2n) is 3.40. The molecule has 1 aromatic rings. The van der Waals surface area contributed by atoms with Crippen molar-refractivity contribution in [2.45, 2.75) is 19.4 Å². The van der Waals surface area contributed by atoms with Gasteiger partial charge >= 0.3 is 0 Å². The molecule has 0 aromatic heterocycles. The largest absolute Gasteiger partial charge is 0.310 e. The van der Waals surface area contributed by atoms with Gasteiger partial charge in [-0.1, -0.05) is 30.3 Å². The number of hydrogen-bond acceptors (Lipinski definition) is 3. The Morgan fingerprint density at radius 3 is 2.67 bits per heavy atom. The van der Waals surface area contributed by atoms with Crippen LogP contribution in [0, 0.1) is 0 Å². The predicted molar refractivity (Wildman–Crippen MR) is 59.8 cm³/mol. The van der Waals surface area contributed by atoms with Crippen molar-refractivity contribution in [2.24, 2.45) is 5.84 Å². The molecular formula is C11H17N3O. The number of benzene rings is 1. The number of carbonyl (C=O) groups is 1. The molecule has 1 unspecified atom stereocenters. The highest BCUT2D eigenvalue weighted by Crippen LogP contribution is 2.10. The fourth-order valence-corrected chi connectivity index (χ4v) is 1.33. The van der Waals surface area contributed by atoms with Gasteiger partial charge in [0.2, 0.25) is 5.91 Å². The normalized spacial score (nSPS) is 12.1. The van der Waals surface area contributed by atoms with E-state index in [0.29, 0.717) is 13.0 Å². The lowest BCUT2D eigenvalue weighted by Gasteiger charge is -2.13. The minimum atomic E-state index is -0.150.